The third-order valence-electron chi connectivity index (χ3n) is 3.70. The number of aliphatic hydroxyl groups excluding tert-OH is 1. The van der Waals surface area contributed by atoms with Crippen LogP contribution in [0.2, 0.25) is 0 Å². The van der Waals surface area contributed by atoms with Gasteiger partial charge in [-0.1, -0.05) is 42.5 Å². The fourth-order valence-corrected chi connectivity index (χ4v) is 2.45. The third-order valence-corrected chi connectivity index (χ3v) is 3.70. The van der Waals surface area contributed by atoms with Crippen LogP contribution in [0.1, 0.15) is 17.2 Å². The van der Waals surface area contributed by atoms with Crippen molar-refractivity contribution in [1.82, 2.24) is 0 Å². The van der Waals surface area contributed by atoms with E-state index in [2.05, 4.69) is 4.99 Å². The number of rotatable bonds is 4. The van der Waals surface area contributed by atoms with E-state index in [4.69, 9.17) is 0 Å². The van der Waals surface area contributed by atoms with Crippen molar-refractivity contribution in [1.29, 1.82) is 0 Å². The number of halogens is 1. The number of nitrogens with zero attached hydrogens (tertiary/aromatic N) is 1. The van der Waals surface area contributed by atoms with Gasteiger partial charge in [-0.2, -0.15) is 0 Å². The van der Waals surface area contributed by atoms with Crippen molar-refractivity contribution in [2.24, 2.45) is 4.99 Å². The zero-order chi connectivity index (χ0) is 16.2. The van der Waals surface area contributed by atoms with Gasteiger partial charge < -0.3 is 10.2 Å². The first kappa shape index (κ1) is 15.2. The molecule has 1 atom stereocenters. The van der Waals surface area contributed by atoms with Crippen molar-refractivity contribution >= 4 is 17.0 Å². The van der Waals surface area contributed by atoms with E-state index in [9.17, 15) is 14.6 Å². The van der Waals surface area contributed by atoms with Crippen LogP contribution in [-0.2, 0) is 0 Å². The molecule has 23 heavy (non-hydrogen) atoms. The fourth-order valence-electron chi connectivity index (χ4n) is 2.45. The molecule has 0 spiro atoms. The van der Waals surface area contributed by atoms with Gasteiger partial charge in [0.25, 0.3) is 0 Å². The minimum atomic E-state index is -0.816. The van der Waals surface area contributed by atoms with Crippen molar-refractivity contribution in [3.63, 3.8) is 0 Å². The maximum Gasteiger partial charge on any atom is 0.124 e. The molecular weight excluding hydrogens is 293 g/mol. The van der Waals surface area contributed by atoms with E-state index in [1.165, 1.54) is 24.3 Å². The van der Waals surface area contributed by atoms with Gasteiger partial charge in [0.15, 0.2) is 0 Å². The average Bonchev–Trinajstić information content (AvgIpc) is 2.57. The lowest BCUT2D eigenvalue weighted by Gasteiger charge is -2.08. The number of hydrogen-bond donors (Lipinski definition) is 2. The van der Waals surface area contributed by atoms with E-state index in [1.54, 1.807) is 12.3 Å². The molecule has 3 aromatic carbocycles. The highest BCUT2D eigenvalue weighted by atomic mass is 19.1. The van der Waals surface area contributed by atoms with Gasteiger partial charge in [-0.3, -0.25) is 4.99 Å². The van der Waals surface area contributed by atoms with Crippen LogP contribution in [-0.4, -0.2) is 23.0 Å². The number of hydrogen-bond acceptors (Lipinski definition) is 3. The van der Waals surface area contributed by atoms with Crippen LogP contribution in [0.15, 0.2) is 65.7 Å². The maximum absolute atomic E-state index is 12.9. The SMILES string of the molecule is Oc1ccc2ccccc2c1C=NCC(O)c1ccc(F)cc1. The number of phenols is 1. The Balaban J connectivity index is 1.80. The van der Waals surface area contributed by atoms with E-state index in [0.717, 1.165) is 10.8 Å². The van der Waals surface area contributed by atoms with Gasteiger partial charge in [0.05, 0.1) is 12.6 Å². The Morgan fingerprint density at radius 2 is 1.74 bits per heavy atom. The van der Waals surface area contributed by atoms with E-state index in [1.807, 2.05) is 30.3 Å². The molecule has 0 radical (unpaired) electrons. The highest BCUT2D eigenvalue weighted by molar-refractivity contribution is 6.02. The Bertz CT molecular complexity index is 844. The largest absolute Gasteiger partial charge is 0.507 e. The molecule has 2 N–H and O–H groups in total. The molecule has 3 nitrogen and oxygen atoms in total. The van der Waals surface area contributed by atoms with Crippen LogP contribution in [0, 0.1) is 5.82 Å². The Morgan fingerprint density at radius 1 is 1.00 bits per heavy atom. The molecule has 0 fully saturated rings. The zero-order valence-corrected chi connectivity index (χ0v) is 12.4. The lowest BCUT2D eigenvalue weighted by atomic mass is 10.0. The van der Waals surface area contributed by atoms with Gasteiger partial charge in [0, 0.05) is 11.8 Å². The predicted molar refractivity (Wildman–Crippen MR) is 89.4 cm³/mol. The van der Waals surface area contributed by atoms with E-state index < -0.39 is 6.10 Å². The number of aliphatic imine (C=N–C) groups is 1. The fraction of sp³-hybridized carbons (Fsp3) is 0.105. The van der Waals surface area contributed by atoms with Crippen molar-refractivity contribution in [2.45, 2.75) is 6.10 Å². The molecule has 116 valence electrons. The van der Waals surface area contributed by atoms with E-state index in [0.29, 0.717) is 11.1 Å². The van der Waals surface area contributed by atoms with Crippen molar-refractivity contribution in [2.75, 3.05) is 6.54 Å². The molecule has 0 aliphatic rings. The minimum absolute atomic E-state index is 0.133. The zero-order valence-electron chi connectivity index (χ0n) is 12.4. The molecule has 0 saturated carbocycles. The van der Waals surface area contributed by atoms with Gasteiger partial charge in [0.2, 0.25) is 0 Å². The Labute approximate surface area is 133 Å². The van der Waals surface area contributed by atoms with Gasteiger partial charge in [-0.25, -0.2) is 4.39 Å². The number of aliphatic hydroxyl groups is 1. The maximum atomic E-state index is 12.9. The molecule has 0 amide bonds. The highest BCUT2D eigenvalue weighted by Crippen LogP contribution is 2.25. The highest BCUT2D eigenvalue weighted by Gasteiger charge is 2.07. The monoisotopic (exact) mass is 309 g/mol. The summed E-state index contributed by atoms with van der Waals surface area (Å²) in [4.78, 5) is 4.22. The second-order valence-corrected chi connectivity index (χ2v) is 5.28. The number of aromatic hydroxyl groups is 1. The summed E-state index contributed by atoms with van der Waals surface area (Å²) in [5.74, 6) is -0.200. The van der Waals surface area contributed by atoms with Crippen LogP contribution in [0.4, 0.5) is 4.39 Å². The molecule has 4 heteroatoms. The summed E-state index contributed by atoms with van der Waals surface area (Å²) in [7, 11) is 0. The van der Waals surface area contributed by atoms with Crippen molar-refractivity contribution < 1.29 is 14.6 Å². The normalized spacial score (nSPS) is 12.8. The van der Waals surface area contributed by atoms with Gasteiger partial charge >= 0.3 is 0 Å². The van der Waals surface area contributed by atoms with Crippen LogP contribution < -0.4 is 0 Å². The molecule has 0 aliphatic carbocycles. The summed E-state index contributed by atoms with van der Waals surface area (Å²) in [6.07, 6.45) is 0.744. The van der Waals surface area contributed by atoms with Crippen LogP contribution in [0.5, 0.6) is 5.75 Å². The first-order valence-corrected chi connectivity index (χ1v) is 7.29. The summed E-state index contributed by atoms with van der Waals surface area (Å²) in [6.45, 7) is 0.133. The first-order valence-electron chi connectivity index (χ1n) is 7.29. The smallest absolute Gasteiger partial charge is 0.124 e. The summed E-state index contributed by atoms with van der Waals surface area (Å²) in [6, 6.07) is 16.8. The first-order chi connectivity index (χ1) is 11.1. The molecule has 0 aromatic heterocycles. The van der Waals surface area contributed by atoms with Crippen LogP contribution in [0.25, 0.3) is 10.8 Å². The standard InChI is InChI=1S/C19H16FNO2/c20-15-8-5-14(6-9-15)19(23)12-21-11-17-16-4-2-1-3-13(16)7-10-18(17)22/h1-11,19,22-23H,12H2. The lowest BCUT2D eigenvalue weighted by molar-refractivity contribution is 0.187. The second-order valence-electron chi connectivity index (χ2n) is 5.28. The minimum Gasteiger partial charge on any atom is -0.507 e. The molecule has 0 aliphatic heterocycles. The van der Waals surface area contributed by atoms with Crippen molar-refractivity contribution in [3.05, 3.63) is 77.6 Å². The number of fused-ring (bicyclic) bond motifs is 1. The molecule has 0 bridgehead atoms. The Morgan fingerprint density at radius 3 is 2.52 bits per heavy atom. The molecular formula is C19H16FNO2. The van der Waals surface area contributed by atoms with Crippen LogP contribution in [0.3, 0.4) is 0 Å². The molecule has 3 aromatic rings. The average molecular weight is 309 g/mol. The summed E-state index contributed by atoms with van der Waals surface area (Å²) < 4.78 is 12.9. The summed E-state index contributed by atoms with van der Waals surface area (Å²) in [5.41, 5.74) is 1.22. The van der Waals surface area contributed by atoms with E-state index >= 15 is 0 Å². The molecule has 3 rings (SSSR count). The topological polar surface area (TPSA) is 52.8 Å². The van der Waals surface area contributed by atoms with Gasteiger partial charge in [-0.05, 0) is 34.5 Å². The van der Waals surface area contributed by atoms with Crippen LogP contribution >= 0.6 is 0 Å². The Hall–Kier alpha value is -2.72. The molecule has 0 saturated heterocycles. The number of phenolic OH excluding ortho intramolecular Hbond substituents is 1. The Kier molecular flexibility index (Phi) is 4.35. The lowest BCUT2D eigenvalue weighted by Crippen LogP contribution is -2.02. The van der Waals surface area contributed by atoms with Crippen molar-refractivity contribution in [3.8, 4) is 5.75 Å². The van der Waals surface area contributed by atoms with Gasteiger partial charge in [-0.15, -0.1) is 0 Å². The molecule has 1 unspecified atom stereocenters. The summed E-state index contributed by atoms with van der Waals surface area (Å²) in [5, 5.41) is 22.0. The third kappa shape index (κ3) is 3.38. The summed E-state index contributed by atoms with van der Waals surface area (Å²) >= 11 is 0. The molecule has 0 heterocycles. The van der Waals surface area contributed by atoms with E-state index in [-0.39, 0.29) is 18.1 Å². The van der Waals surface area contributed by atoms with Gasteiger partial charge in [0.1, 0.15) is 11.6 Å². The number of benzene rings is 3. The second kappa shape index (κ2) is 6.58. The quantitative estimate of drug-likeness (QED) is 0.720. The predicted octanol–water partition coefficient (Wildman–Crippen LogP) is 3.84.